The molecular weight excluding hydrogens is 1070 g/mol. The van der Waals surface area contributed by atoms with E-state index in [0.29, 0.717) is 290 Å². The monoisotopic (exact) mass is 1180 g/mol. The maximum absolute atomic E-state index is 11.2. The molecule has 0 heterocycles. The quantitative estimate of drug-likeness (QED) is 0.0368. The smallest absolute Gasteiger partial charge is 0.333 e. The van der Waals surface area contributed by atoms with Crippen molar-refractivity contribution in [2.45, 2.75) is 46.0 Å². The molecule has 0 aliphatic carbocycles. The Morgan fingerprint density at radius 3 is 0.654 bits per heavy atom. The van der Waals surface area contributed by atoms with Crippen molar-refractivity contribution in [1.82, 2.24) is 0 Å². The molecule has 0 N–H and O–H groups in total. The van der Waals surface area contributed by atoms with Crippen LogP contribution in [0.15, 0.2) is 24.8 Å². The lowest BCUT2D eigenvalue weighted by Crippen LogP contribution is -2.27. The number of ether oxygens (including phenoxy) is 24. The molecule has 0 bridgehead atoms. The first-order valence-electron chi connectivity index (χ1n) is 28.7. The average molecular weight is 1180 g/mol. The maximum atomic E-state index is 11.2. The van der Waals surface area contributed by atoms with Gasteiger partial charge in [0.15, 0.2) is 0 Å². The van der Waals surface area contributed by atoms with Crippen molar-refractivity contribution >= 4 is 5.97 Å². The molecular formula is C56H108O25. The third-order valence-electron chi connectivity index (χ3n) is 9.96. The summed E-state index contributed by atoms with van der Waals surface area (Å²) in [6, 6.07) is 0. The molecule has 3 unspecified atom stereocenters. The van der Waals surface area contributed by atoms with Gasteiger partial charge in [0.1, 0.15) is 6.61 Å². The van der Waals surface area contributed by atoms with Gasteiger partial charge in [-0.2, -0.15) is 0 Å². The fourth-order valence-corrected chi connectivity index (χ4v) is 5.72. The van der Waals surface area contributed by atoms with E-state index >= 15 is 0 Å². The molecule has 25 heteroatoms. The van der Waals surface area contributed by atoms with E-state index in [1.54, 1.807) is 13.0 Å². The summed E-state index contributed by atoms with van der Waals surface area (Å²) < 4.78 is 132. The molecule has 0 rings (SSSR count). The van der Waals surface area contributed by atoms with Gasteiger partial charge in [0.25, 0.3) is 0 Å². The molecule has 0 saturated heterocycles. The summed E-state index contributed by atoms with van der Waals surface area (Å²) in [4.78, 5) is 11.2. The normalized spacial score (nSPS) is 12.8. The summed E-state index contributed by atoms with van der Waals surface area (Å²) >= 11 is 0. The van der Waals surface area contributed by atoms with Gasteiger partial charge in [-0.25, -0.2) is 4.79 Å². The van der Waals surface area contributed by atoms with E-state index in [1.807, 2.05) is 20.8 Å². The molecule has 0 aromatic carbocycles. The van der Waals surface area contributed by atoms with Crippen molar-refractivity contribution in [2.75, 3.05) is 291 Å². The highest BCUT2D eigenvalue weighted by Crippen LogP contribution is 2.01. The minimum Gasteiger partial charge on any atom is -0.460 e. The third kappa shape index (κ3) is 68.7. The van der Waals surface area contributed by atoms with Crippen molar-refractivity contribution in [1.29, 1.82) is 0 Å². The summed E-state index contributed by atoms with van der Waals surface area (Å²) in [7, 11) is 0. The highest BCUT2D eigenvalue weighted by Gasteiger charge is 2.10. The summed E-state index contributed by atoms with van der Waals surface area (Å²) in [6.07, 6.45) is 1.67. The number of hydrogen-bond acceptors (Lipinski definition) is 25. The van der Waals surface area contributed by atoms with Crippen molar-refractivity contribution in [3.8, 4) is 0 Å². The molecule has 0 aliphatic heterocycles. The van der Waals surface area contributed by atoms with Gasteiger partial charge in [0.2, 0.25) is 0 Å². The summed E-state index contributed by atoms with van der Waals surface area (Å²) in [6.45, 7) is 35.4. The maximum Gasteiger partial charge on any atom is 0.333 e. The van der Waals surface area contributed by atoms with Crippen LogP contribution in [-0.4, -0.2) is 315 Å². The molecule has 0 aliphatic rings. The fraction of sp³-hybridized carbons (Fsp3) is 0.911. The number of carbonyl (C=O) groups excluding carboxylic acids is 1. The minimum atomic E-state index is -0.419. The lowest BCUT2D eigenvalue weighted by Gasteiger charge is -2.19. The van der Waals surface area contributed by atoms with E-state index in [4.69, 9.17) is 114 Å². The van der Waals surface area contributed by atoms with E-state index < -0.39 is 5.97 Å². The van der Waals surface area contributed by atoms with Gasteiger partial charge >= 0.3 is 5.97 Å². The second-order valence-corrected chi connectivity index (χ2v) is 17.3. The molecule has 25 nitrogen and oxygen atoms in total. The van der Waals surface area contributed by atoms with E-state index in [0.717, 1.165) is 0 Å². The zero-order valence-corrected chi connectivity index (χ0v) is 50.0. The fourth-order valence-electron chi connectivity index (χ4n) is 5.72. The van der Waals surface area contributed by atoms with E-state index in [1.165, 1.54) is 0 Å². The Morgan fingerprint density at radius 1 is 0.284 bits per heavy atom. The van der Waals surface area contributed by atoms with Crippen molar-refractivity contribution < 1.29 is 118 Å². The second kappa shape index (κ2) is 68.8. The van der Waals surface area contributed by atoms with Crippen LogP contribution in [0, 0.1) is 0 Å². The third-order valence-corrected chi connectivity index (χ3v) is 9.96. The zero-order chi connectivity index (χ0) is 58.7. The molecule has 0 spiro atoms. The average Bonchev–Trinajstić information content (AvgIpc) is 3.46. The molecule has 3 atom stereocenters. The van der Waals surface area contributed by atoms with Gasteiger partial charge in [0, 0.05) is 5.57 Å². The lowest BCUT2D eigenvalue weighted by atomic mass is 10.4. The Bertz CT molecular complexity index is 1260. The van der Waals surface area contributed by atoms with Gasteiger partial charge in [0.05, 0.1) is 302 Å². The van der Waals surface area contributed by atoms with Crippen LogP contribution in [-0.2, 0) is 118 Å². The van der Waals surface area contributed by atoms with Crippen LogP contribution in [0.1, 0.15) is 27.7 Å². The van der Waals surface area contributed by atoms with Gasteiger partial charge < -0.3 is 114 Å². The molecule has 0 amide bonds. The Balaban J connectivity index is 3.14. The topological polar surface area (TPSA) is 239 Å². The molecule has 0 aromatic rings. The van der Waals surface area contributed by atoms with Crippen molar-refractivity contribution in [3.05, 3.63) is 24.8 Å². The molecule has 482 valence electrons. The van der Waals surface area contributed by atoms with Gasteiger partial charge in [-0.1, -0.05) is 12.7 Å². The van der Waals surface area contributed by atoms with Crippen LogP contribution in [0.25, 0.3) is 0 Å². The second-order valence-electron chi connectivity index (χ2n) is 17.3. The first-order valence-corrected chi connectivity index (χ1v) is 28.7. The summed E-state index contributed by atoms with van der Waals surface area (Å²) in [5.74, 6) is -0.419. The van der Waals surface area contributed by atoms with Crippen LogP contribution < -0.4 is 0 Å². The van der Waals surface area contributed by atoms with Crippen LogP contribution in [0.5, 0.6) is 0 Å². The van der Waals surface area contributed by atoms with Crippen LogP contribution in [0.3, 0.4) is 0 Å². The van der Waals surface area contributed by atoms with E-state index in [9.17, 15) is 4.79 Å². The molecule has 0 aromatic heterocycles. The molecule has 0 radical (unpaired) electrons. The standard InChI is InChI=1S/C56H108O25/c1-7-8-78-54(5)50-81-55(6)51-80-53(4)49-77-46-45-75-42-41-73-38-37-71-34-33-69-30-29-67-26-25-65-22-21-63-18-17-61-14-13-59-10-9-58-11-12-60-15-16-62-19-20-64-23-24-66-27-28-68-31-32-70-35-36-72-39-40-74-43-44-76-47-48-79-56(57)52(2)3/h7,53-55H,1-2,8-51H2,3-6H3. The van der Waals surface area contributed by atoms with Gasteiger partial charge in [-0.05, 0) is 27.7 Å². The zero-order valence-electron chi connectivity index (χ0n) is 50.0. The number of carbonyl (C=O) groups is 1. The van der Waals surface area contributed by atoms with Crippen molar-refractivity contribution in [3.63, 3.8) is 0 Å². The SMILES string of the molecule is C=CCOC(C)COC(C)COC(C)COCCOCCOCCOCCOCCOCCOCCOCCOCCOCCOCCOCCOCCOCCOCCOCCOCCOCCOCCOCCOC(=O)C(=C)C. The predicted octanol–water partition coefficient (Wildman–Crippen LogP) is 2.84. The largest absolute Gasteiger partial charge is 0.460 e. The Labute approximate surface area is 484 Å². The Kier molecular flexibility index (Phi) is 67.1. The van der Waals surface area contributed by atoms with Crippen LogP contribution in [0.2, 0.25) is 0 Å². The minimum absolute atomic E-state index is 0.0120. The van der Waals surface area contributed by atoms with E-state index in [2.05, 4.69) is 13.2 Å². The lowest BCUT2D eigenvalue weighted by molar-refractivity contribution is -0.140. The van der Waals surface area contributed by atoms with Crippen LogP contribution in [0.4, 0.5) is 0 Å². The Morgan fingerprint density at radius 2 is 0.457 bits per heavy atom. The highest BCUT2D eigenvalue weighted by molar-refractivity contribution is 5.86. The number of hydrogen-bond donors (Lipinski definition) is 0. The van der Waals surface area contributed by atoms with Crippen molar-refractivity contribution in [2.24, 2.45) is 0 Å². The molecule has 0 saturated carbocycles. The van der Waals surface area contributed by atoms with Gasteiger partial charge in [-0.15, -0.1) is 6.58 Å². The number of esters is 1. The molecule has 81 heavy (non-hydrogen) atoms. The highest BCUT2D eigenvalue weighted by atomic mass is 16.6. The van der Waals surface area contributed by atoms with Crippen LogP contribution >= 0.6 is 0 Å². The summed E-state index contributed by atoms with van der Waals surface area (Å²) in [5.41, 5.74) is 0.364. The first-order chi connectivity index (χ1) is 39.9. The van der Waals surface area contributed by atoms with E-state index in [-0.39, 0.29) is 24.9 Å². The molecule has 0 fully saturated rings. The Hall–Kier alpha value is -1.97. The first kappa shape index (κ1) is 79.0. The summed E-state index contributed by atoms with van der Waals surface area (Å²) in [5, 5.41) is 0. The van der Waals surface area contributed by atoms with Gasteiger partial charge in [-0.3, -0.25) is 0 Å². The number of rotatable bonds is 72. The predicted molar refractivity (Wildman–Crippen MR) is 299 cm³/mol.